The van der Waals surface area contributed by atoms with Crippen LogP contribution >= 0.6 is 0 Å². The van der Waals surface area contributed by atoms with E-state index < -0.39 is 0 Å². The Balaban J connectivity index is 2.11. The topological polar surface area (TPSA) is 12.0 Å². The SMILES string of the molecule is CCc1ccc(CC(NC)c2ccc(F)cc2)cc1. The number of rotatable bonds is 5. The van der Waals surface area contributed by atoms with Crippen LogP contribution in [0.1, 0.15) is 29.7 Å². The smallest absolute Gasteiger partial charge is 0.123 e. The van der Waals surface area contributed by atoms with E-state index in [9.17, 15) is 4.39 Å². The van der Waals surface area contributed by atoms with Crippen molar-refractivity contribution in [2.75, 3.05) is 7.05 Å². The van der Waals surface area contributed by atoms with Crippen molar-refractivity contribution in [2.45, 2.75) is 25.8 Å². The van der Waals surface area contributed by atoms with Crippen LogP contribution in [0.25, 0.3) is 0 Å². The van der Waals surface area contributed by atoms with Gasteiger partial charge < -0.3 is 5.32 Å². The van der Waals surface area contributed by atoms with Crippen molar-refractivity contribution in [1.82, 2.24) is 5.32 Å². The Morgan fingerprint density at radius 1 is 0.947 bits per heavy atom. The van der Waals surface area contributed by atoms with Crippen molar-refractivity contribution in [3.63, 3.8) is 0 Å². The molecule has 1 atom stereocenters. The second-order valence-corrected chi connectivity index (χ2v) is 4.77. The number of nitrogens with one attached hydrogen (secondary N) is 1. The molecule has 0 fully saturated rings. The summed E-state index contributed by atoms with van der Waals surface area (Å²) < 4.78 is 12.9. The predicted octanol–water partition coefficient (Wildman–Crippen LogP) is 3.89. The fraction of sp³-hybridized carbons (Fsp3) is 0.294. The zero-order chi connectivity index (χ0) is 13.7. The standard InChI is InChI=1S/C17H20FN/c1-3-13-4-6-14(7-5-13)12-17(19-2)15-8-10-16(18)11-9-15/h4-11,17,19H,3,12H2,1-2H3. The molecule has 0 aliphatic carbocycles. The Labute approximate surface area is 114 Å². The van der Waals surface area contributed by atoms with Crippen LogP contribution in [0.15, 0.2) is 48.5 Å². The Morgan fingerprint density at radius 2 is 1.53 bits per heavy atom. The second kappa shape index (κ2) is 6.48. The number of benzene rings is 2. The van der Waals surface area contributed by atoms with Crippen LogP contribution in [0, 0.1) is 5.82 Å². The quantitative estimate of drug-likeness (QED) is 0.857. The van der Waals surface area contributed by atoms with Gasteiger partial charge in [-0.05, 0) is 48.7 Å². The lowest BCUT2D eigenvalue weighted by Gasteiger charge is -2.17. The molecule has 2 rings (SSSR count). The van der Waals surface area contributed by atoms with Gasteiger partial charge in [0, 0.05) is 6.04 Å². The summed E-state index contributed by atoms with van der Waals surface area (Å²) in [5.74, 6) is -0.189. The van der Waals surface area contributed by atoms with Crippen molar-refractivity contribution in [2.24, 2.45) is 0 Å². The Morgan fingerprint density at radius 3 is 2.05 bits per heavy atom. The lowest BCUT2D eigenvalue weighted by Crippen LogP contribution is -2.18. The molecule has 0 aromatic heterocycles. The Kier molecular flexibility index (Phi) is 4.69. The van der Waals surface area contributed by atoms with E-state index in [4.69, 9.17) is 0 Å². The first-order valence-electron chi connectivity index (χ1n) is 6.73. The molecule has 2 aromatic rings. The molecule has 0 aliphatic rings. The average molecular weight is 257 g/mol. The van der Waals surface area contributed by atoms with Gasteiger partial charge in [0.05, 0.1) is 0 Å². The lowest BCUT2D eigenvalue weighted by atomic mass is 9.98. The molecule has 0 heterocycles. The highest BCUT2D eigenvalue weighted by Crippen LogP contribution is 2.19. The number of aryl methyl sites for hydroxylation is 1. The van der Waals surface area contributed by atoms with Crippen molar-refractivity contribution >= 4 is 0 Å². The van der Waals surface area contributed by atoms with Crippen LogP contribution in [0.4, 0.5) is 4.39 Å². The summed E-state index contributed by atoms with van der Waals surface area (Å²) in [7, 11) is 1.94. The summed E-state index contributed by atoms with van der Waals surface area (Å²) in [5, 5.41) is 3.29. The summed E-state index contributed by atoms with van der Waals surface area (Å²) in [5.41, 5.74) is 3.76. The van der Waals surface area contributed by atoms with Gasteiger partial charge in [0.25, 0.3) is 0 Å². The highest BCUT2D eigenvalue weighted by atomic mass is 19.1. The third kappa shape index (κ3) is 3.65. The minimum Gasteiger partial charge on any atom is -0.313 e. The highest BCUT2D eigenvalue weighted by Gasteiger charge is 2.10. The Hall–Kier alpha value is -1.67. The highest BCUT2D eigenvalue weighted by molar-refractivity contribution is 5.26. The fourth-order valence-corrected chi connectivity index (χ4v) is 2.23. The molecule has 0 bridgehead atoms. The van der Waals surface area contributed by atoms with Gasteiger partial charge in [-0.15, -0.1) is 0 Å². The monoisotopic (exact) mass is 257 g/mol. The molecule has 1 nitrogen and oxygen atoms in total. The van der Waals surface area contributed by atoms with E-state index in [0.29, 0.717) is 0 Å². The van der Waals surface area contributed by atoms with Gasteiger partial charge in [0.15, 0.2) is 0 Å². The Bertz CT molecular complexity index is 502. The third-order valence-electron chi connectivity index (χ3n) is 3.49. The number of likely N-dealkylation sites (N-methyl/N-ethyl adjacent to an activating group) is 1. The van der Waals surface area contributed by atoms with Crippen LogP contribution in [-0.4, -0.2) is 7.05 Å². The minimum atomic E-state index is -0.189. The largest absolute Gasteiger partial charge is 0.313 e. The van der Waals surface area contributed by atoms with E-state index in [1.165, 1.54) is 23.3 Å². The van der Waals surface area contributed by atoms with E-state index in [-0.39, 0.29) is 11.9 Å². The van der Waals surface area contributed by atoms with Gasteiger partial charge in [-0.25, -0.2) is 4.39 Å². The van der Waals surface area contributed by atoms with Gasteiger partial charge in [-0.1, -0.05) is 43.3 Å². The van der Waals surface area contributed by atoms with Crippen LogP contribution in [0.5, 0.6) is 0 Å². The molecule has 0 amide bonds. The van der Waals surface area contributed by atoms with E-state index in [1.54, 1.807) is 0 Å². The first-order chi connectivity index (χ1) is 9.22. The molecule has 2 aromatic carbocycles. The van der Waals surface area contributed by atoms with Gasteiger partial charge >= 0.3 is 0 Å². The molecular formula is C17H20FN. The lowest BCUT2D eigenvalue weighted by molar-refractivity contribution is 0.586. The molecule has 2 heteroatoms. The number of hydrogen-bond donors (Lipinski definition) is 1. The summed E-state index contributed by atoms with van der Waals surface area (Å²) in [6, 6.07) is 15.6. The van der Waals surface area contributed by atoms with Crippen LogP contribution < -0.4 is 5.32 Å². The average Bonchev–Trinajstić information content (AvgIpc) is 2.46. The molecular weight excluding hydrogens is 237 g/mol. The van der Waals surface area contributed by atoms with Crippen molar-refractivity contribution in [1.29, 1.82) is 0 Å². The summed E-state index contributed by atoms with van der Waals surface area (Å²) >= 11 is 0. The molecule has 0 saturated carbocycles. The first-order valence-corrected chi connectivity index (χ1v) is 6.73. The maximum atomic E-state index is 12.9. The first kappa shape index (κ1) is 13.8. The third-order valence-corrected chi connectivity index (χ3v) is 3.49. The summed E-state index contributed by atoms with van der Waals surface area (Å²) in [6.45, 7) is 2.16. The second-order valence-electron chi connectivity index (χ2n) is 4.77. The number of hydrogen-bond acceptors (Lipinski definition) is 1. The molecule has 0 aliphatic heterocycles. The molecule has 0 saturated heterocycles. The van der Waals surface area contributed by atoms with Crippen LogP contribution in [-0.2, 0) is 12.8 Å². The van der Waals surface area contributed by atoms with E-state index in [2.05, 4.69) is 36.5 Å². The molecule has 0 spiro atoms. The van der Waals surface area contributed by atoms with Gasteiger partial charge in [0.1, 0.15) is 5.82 Å². The predicted molar refractivity (Wildman–Crippen MR) is 77.7 cm³/mol. The molecule has 0 radical (unpaired) electrons. The van der Waals surface area contributed by atoms with Gasteiger partial charge in [-0.3, -0.25) is 0 Å². The maximum absolute atomic E-state index is 12.9. The van der Waals surface area contributed by atoms with Crippen molar-refractivity contribution < 1.29 is 4.39 Å². The fourth-order valence-electron chi connectivity index (χ4n) is 2.23. The van der Waals surface area contributed by atoms with Gasteiger partial charge in [-0.2, -0.15) is 0 Å². The molecule has 1 N–H and O–H groups in total. The van der Waals surface area contributed by atoms with Crippen LogP contribution in [0.2, 0.25) is 0 Å². The zero-order valence-electron chi connectivity index (χ0n) is 11.5. The van der Waals surface area contributed by atoms with Crippen molar-refractivity contribution in [3.8, 4) is 0 Å². The van der Waals surface area contributed by atoms with Crippen LogP contribution in [0.3, 0.4) is 0 Å². The van der Waals surface area contributed by atoms with E-state index in [1.807, 2.05) is 19.2 Å². The van der Waals surface area contributed by atoms with Crippen molar-refractivity contribution in [3.05, 3.63) is 71.0 Å². The molecule has 100 valence electrons. The maximum Gasteiger partial charge on any atom is 0.123 e. The zero-order valence-corrected chi connectivity index (χ0v) is 11.5. The van der Waals surface area contributed by atoms with E-state index in [0.717, 1.165) is 18.4 Å². The summed E-state index contributed by atoms with van der Waals surface area (Å²) in [4.78, 5) is 0. The minimum absolute atomic E-state index is 0.189. The normalized spacial score (nSPS) is 12.4. The molecule has 19 heavy (non-hydrogen) atoms. The molecule has 1 unspecified atom stereocenters. The number of halogens is 1. The van der Waals surface area contributed by atoms with E-state index >= 15 is 0 Å². The summed E-state index contributed by atoms with van der Waals surface area (Å²) in [6.07, 6.45) is 1.97. The van der Waals surface area contributed by atoms with Gasteiger partial charge in [0.2, 0.25) is 0 Å².